The van der Waals surface area contributed by atoms with E-state index in [0.29, 0.717) is 11.7 Å². The van der Waals surface area contributed by atoms with Crippen molar-refractivity contribution >= 4 is 46.2 Å². The lowest BCUT2D eigenvalue weighted by Crippen LogP contribution is -2.46. The zero-order chi connectivity index (χ0) is 15.1. The van der Waals surface area contributed by atoms with Crippen molar-refractivity contribution in [3.63, 3.8) is 0 Å². The average molecular weight is 419 g/mol. The number of phenolic OH excluding ortho intramolecular Hbond substituents is 1. The first-order valence-electron chi connectivity index (χ1n) is 6.64. The van der Waals surface area contributed by atoms with Gasteiger partial charge in [0.1, 0.15) is 11.8 Å². The first kappa shape index (κ1) is 15.0. The third-order valence-electron chi connectivity index (χ3n) is 3.77. The molecule has 1 heterocycles. The summed E-state index contributed by atoms with van der Waals surface area (Å²) in [7, 11) is 0. The lowest BCUT2D eigenvalue weighted by molar-refractivity contribution is -0.141. The van der Waals surface area contributed by atoms with Crippen molar-refractivity contribution in [2.75, 3.05) is 5.75 Å². The summed E-state index contributed by atoms with van der Waals surface area (Å²) in [6.45, 7) is 0. The number of rotatable bonds is 3. The Labute approximate surface area is 139 Å². The molecule has 1 aromatic rings. The molecule has 0 aromatic heterocycles. The number of carboxylic acid groups (broad SMARTS) is 1. The molecule has 2 fully saturated rings. The highest BCUT2D eigenvalue weighted by Crippen LogP contribution is 2.46. The van der Waals surface area contributed by atoms with Crippen molar-refractivity contribution in [2.24, 2.45) is 5.92 Å². The van der Waals surface area contributed by atoms with Gasteiger partial charge in [-0.05, 0) is 59.5 Å². The van der Waals surface area contributed by atoms with Crippen molar-refractivity contribution in [3.05, 3.63) is 27.3 Å². The first-order valence-corrected chi connectivity index (χ1v) is 8.77. The minimum Gasteiger partial charge on any atom is -0.507 e. The van der Waals surface area contributed by atoms with Crippen LogP contribution in [0, 0.1) is 9.49 Å². The van der Waals surface area contributed by atoms with Crippen LogP contribution in [0.5, 0.6) is 5.75 Å². The standard InChI is InChI=1S/C14H14INO4S/c15-8-3-4-11(17)9(5-8)12(18)16-10(14(19)20)6-21-13(16)7-1-2-7/h3-5,7,10,13,17H,1-2,6H2,(H,19,20). The van der Waals surface area contributed by atoms with Gasteiger partial charge in [0.2, 0.25) is 0 Å². The van der Waals surface area contributed by atoms with Crippen LogP contribution in [0.4, 0.5) is 0 Å². The molecule has 2 N–H and O–H groups in total. The van der Waals surface area contributed by atoms with E-state index in [0.717, 1.165) is 16.4 Å². The van der Waals surface area contributed by atoms with Gasteiger partial charge in [-0.25, -0.2) is 4.79 Å². The Hall–Kier alpha value is -0.960. The molecular weight excluding hydrogens is 405 g/mol. The highest BCUT2D eigenvalue weighted by atomic mass is 127. The van der Waals surface area contributed by atoms with Gasteiger partial charge in [-0.1, -0.05) is 0 Å². The van der Waals surface area contributed by atoms with Crippen molar-refractivity contribution in [3.8, 4) is 5.75 Å². The second kappa shape index (κ2) is 5.68. The Morgan fingerprint density at radius 2 is 2.05 bits per heavy atom. The van der Waals surface area contributed by atoms with E-state index in [9.17, 15) is 19.8 Å². The maximum absolute atomic E-state index is 12.8. The van der Waals surface area contributed by atoms with E-state index in [1.807, 2.05) is 0 Å². The summed E-state index contributed by atoms with van der Waals surface area (Å²) in [6, 6.07) is 3.97. The van der Waals surface area contributed by atoms with E-state index in [4.69, 9.17) is 0 Å². The molecule has 2 aliphatic rings. The van der Waals surface area contributed by atoms with Crippen LogP contribution in [0.2, 0.25) is 0 Å². The third-order valence-corrected chi connectivity index (χ3v) is 5.90. The maximum Gasteiger partial charge on any atom is 0.327 e. The van der Waals surface area contributed by atoms with Gasteiger partial charge in [-0.3, -0.25) is 4.79 Å². The fraction of sp³-hybridized carbons (Fsp3) is 0.429. The molecule has 1 amide bonds. The largest absolute Gasteiger partial charge is 0.507 e. The number of carbonyl (C=O) groups is 2. The number of phenols is 1. The zero-order valence-electron chi connectivity index (χ0n) is 11.0. The fourth-order valence-electron chi connectivity index (χ4n) is 2.54. The smallest absolute Gasteiger partial charge is 0.327 e. The number of hydrogen-bond acceptors (Lipinski definition) is 4. The number of nitrogens with zero attached hydrogens (tertiary/aromatic N) is 1. The maximum atomic E-state index is 12.8. The second-order valence-electron chi connectivity index (χ2n) is 5.29. The normalized spacial score (nSPS) is 25.1. The lowest BCUT2D eigenvalue weighted by atomic mass is 10.1. The monoisotopic (exact) mass is 419 g/mol. The minimum absolute atomic E-state index is 0.0872. The summed E-state index contributed by atoms with van der Waals surface area (Å²) in [6.07, 6.45) is 2.07. The predicted octanol–water partition coefficient (Wildman–Crippen LogP) is 2.38. The van der Waals surface area contributed by atoms with Crippen molar-refractivity contribution in [1.82, 2.24) is 4.90 Å². The number of thioether (sulfide) groups is 1. The molecule has 21 heavy (non-hydrogen) atoms. The van der Waals surface area contributed by atoms with Crippen LogP contribution in [-0.2, 0) is 4.79 Å². The number of aromatic hydroxyl groups is 1. The van der Waals surface area contributed by atoms with Gasteiger partial charge < -0.3 is 15.1 Å². The van der Waals surface area contributed by atoms with E-state index in [2.05, 4.69) is 22.6 Å². The summed E-state index contributed by atoms with van der Waals surface area (Å²) < 4.78 is 0.829. The summed E-state index contributed by atoms with van der Waals surface area (Å²) in [5, 5.41) is 19.2. The topological polar surface area (TPSA) is 77.8 Å². The number of hydrogen-bond donors (Lipinski definition) is 2. The molecule has 3 rings (SSSR count). The SMILES string of the molecule is O=C(O)C1CSC(C2CC2)N1C(=O)c1cc(I)ccc1O. The van der Waals surface area contributed by atoms with Gasteiger partial charge in [0.25, 0.3) is 5.91 Å². The Morgan fingerprint density at radius 3 is 2.67 bits per heavy atom. The van der Waals surface area contributed by atoms with Crippen LogP contribution in [0.3, 0.4) is 0 Å². The van der Waals surface area contributed by atoms with Gasteiger partial charge in [-0.15, -0.1) is 11.8 Å². The van der Waals surface area contributed by atoms with Crippen LogP contribution in [0.15, 0.2) is 18.2 Å². The second-order valence-corrected chi connectivity index (χ2v) is 7.68. The number of amides is 1. The van der Waals surface area contributed by atoms with Crippen molar-refractivity contribution < 1.29 is 19.8 Å². The van der Waals surface area contributed by atoms with Crippen LogP contribution in [-0.4, -0.2) is 44.2 Å². The Kier molecular flexibility index (Phi) is 4.04. The number of carboxylic acids is 1. The summed E-state index contributed by atoms with van der Waals surface area (Å²) >= 11 is 3.60. The average Bonchev–Trinajstić information content (AvgIpc) is 3.19. The number of aliphatic carboxylic acids is 1. The number of halogens is 1. The van der Waals surface area contributed by atoms with Gasteiger partial charge in [0.05, 0.1) is 10.9 Å². The molecule has 1 aromatic carbocycles. The molecule has 7 heteroatoms. The molecule has 0 radical (unpaired) electrons. The molecule has 2 unspecified atom stereocenters. The number of benzene rings is 1. The van der Waals surface area contributed by atoms with E-state index < -0.39 is 12.0 Å². The van der Waals surface area contributed by atoms with Gasteiger partial charge in [0.15, 0.2) is 0 Å². The molecule has 1 aliphatic heterocycles. The van der Waals surface area contributed by atoms with Crippen molar-refractivity contribution in [2.45, 2.75) is 24.3 Å². The minimum atomic E-state index is -0.982. The van der Waals surface area contributed by atoms with E-state index in [1.165, 1.54) is 22.7 Å². The van der Waals surface area contributed by atoms with Gasteiger partial charge in [-0.2, -0.15) is 0 Å². The summed E-state index contributed by atoms with van der Waals surface area (Å²) in [5.74, 6) is -0.680. The molecule has 0 spiro atoms. The van der Waals surface area contributed by atoms with Crippen LogP contribution in [0.25, 0.3) is 0 Å². The summed E-state index contributed by atoms with van der Waals surface area (Å²) in [5.41, 5.74) is 0.182. The number of carbonyl (C=O) groups excluding carboxylic acids is 1. The molecule has 1 saturated heterocycles. The van der Waals surface area contributed by atoms with Gasteiger partial charge in [0, 0.05) is 9.32 Å². The fourth-order valence-corrected chi connectivity index (χ4v) is 4.66. The molecule has 0 bridgehead atoms. The van der Waals surface area contributed by atoms with Crippen LogP contribution in [0.1, 0.15) is 23.2 Å². The van der Waals surface area contributed by atoms with Crippen molar-refractivity contribution in [1.29, 1.82) is 0 Å². The Bertz CT molecular complexity index is 605. The van der Waals surface area contributed by atoms with E-state index >= 15 is 0 Å². The molecule has 112 valence electrons. The molecular formula is C14H14INO4S. The summed E-state index contributed by atoms with van der Waals surface area (Å²) in [4.78, 5) is 25.6. The molecule has 2 atom stereocenters. The van der Waals surface area contributed by atoms with E-state index in [-0.39, 0.29) is 22.6 Å². The molecule has 1 aliphatic carbocycles. The quantitative estimate of drug-likeness (QED) is 0.736. The highest BCUT2D eigenvalue weighted by Gasteiger charge is 2.48. The predicted molar refractivity (Wildman–Crippen MR) is 87.4 cm³/mol. The Morgan fingerprint density at radius 1 is 1.33 bits per heavy atom. The highest BCUT2D eigenvalue weighted by molar-refractivity contribution is 14.1. The zero-order valence-corrected chi connectivity index (χ0v) is 14.0. The first-order chi connectivity index (χ1) is 9.99. The van der Waals surface area contributed by atoms with E-state index in [1.54, 1.807) is 12.1 Å². The van der Waals surface area contributed by atoms with Crippen LogP contribution >= 0.6 is 34.4 Å². The van der Waals surface area contributed by atoms with Gasteiger partial charge >= 0.3 is 5.97 Å². The molecule has 1 saturated carbocycles. The Balaban J connectivity index is 1.95. The molecule has 5 nitrogen and oxygen atoms in total. The lowest BCUT2D eigenvalue weighted by Gasteiger charge is -2.27. The third kappa shape index (κ3) is 2.85. The van der Waals surface area contributed by atoms with Crippen LogP contribution < -0.4 is 0 Å².